The average Bonchev–Trinajstić information content (AvgIpc) is 2.87. The molecule has 1 aromatic rings. The summed E-state index contributed by atoms with van der Waals surface area (Å²) >= 11 is 0. The van der Waals surface area contributed by atoms with Crippen molar-refractivity contribution in [1.29, 1.82) is 0 Å². The summed E-state index contributed by atoms with van der Waals surface area (Å²) in [4.78, 5) is 24.2. The summed E-state index contributed by atoms with van der Waals surface area (Å²) in [5.74, 6) is -1.10. The Balaban J connectivity index is 3.33. The van der Waals surface area contributed by atoms with E-state index in [4.69, 9.17) is 9.47 Å². The van der Waals surface area contributed by atoms with Crippen LogP contribution in [-0.4, -0.2) is 43.4 Å². The van der Waals surface area contributed by atoms with Gasteiger partial charge in [0.1, 0.15) is 5.69 Å². The van der Waals surface area contributed by atoms with Crippen LogP contribution in [0.25, 0.3) is 0 Å². The number of aromatic amines is 1. The Morgan fingerprint density at radius 2 is 1.74 bits per heavy atom. The fourth-order valence-corrected chi connectivity index (χ4v) is 3.28. The minimum absolute atomic E-state index is 0.112. The van der Waals surface area contributed by atoms with Gasteiger partial charge in [0.2, 0.25) is 0 Å². The van der Waals surface area contributed by atoms with Crippen LogP contribution in [0.4, 0.5) is 0 Å². The van der Waals surface area contributed by atoms with Crippen LogP contribution in [0.3, 0.4) is 0 Å². The third kappa shape index (κ3) is 4.68. The second-order valence-corrected chi connectivity index (χ2v) is 11.1. The summed E-state index contributed by atoms with van der Waals surface area (Å²) in [6, 6.07) is 0. The number of ether oxygens (including phenoxy) is 2. The maximum atomic E-state index is 12.1. The first-order valence-electron chi connectivity index (χ1n) is 7.57. The molecule has 0 saturated heterocycles. The number of hydrogen-bond donors (Lipinski definition) is 1. The number of carbonyl (C=O) groups is 2. The number of hydrogen-bond acceptors (Lipinski definition) is 5. The second kappa shape index (κ2) is 7.94. The Bertz CT molecular complexity index is 601. The monoisotopic (exact) mass is 336 g/mol. The second-order valence-electron chi connectivity index (χ2n) is 5.95. The minimum Gasteiger partial charge on any atom is -0.461 e. The normalized spacial score (nSPS) is 10.8. The van der Waals surface area contributed by atoms with Crippen LogP contribution in [0, 0.1) is 0 Å². The SMILES string of the molecule is C=C=C(Cc1c(C(=O)OCC)n[nH]c1C(=O)OCC)[Si](C)(C)C. The van der Waals surface area contributed by atoms with Crippen LogP contribution in [0.1, 0.15) is 40.4 Å². The molecule has 1 heterocycles. The van der Waals surface area contributed by atoms with E-state index in [1.54, 1.807) is 13.8 Å². The highest BCUT2D eigenvalue weighted by Gasteiger charge is 2.29. The molecule has 0 saturated carbocycles. The Labute approximate surface area is 137 Å². The van der Waals surface area contributed by atoms with Crippen molar-refractivity contribution in [1.82, 2.24) is 10.2 Å². The molecule has 0 aromatic carbocycles. The van der Waals surface area contributed by atoms with Gasteiger partial charge in [-0.2, -0.15) is 5.10 Å². The quantitative estimate of drug-likeness (QED) is 0.470. The Morgan fingerprint density at radius 3 is 2.22 bits per heavy atom. The Morgan fingerprint density at radius 1 is 1.17 bits per heavy atom. The van der Waals surface area contributed by atoms with Gasteiger partial charge in [-0.25, -0.2) is 9.59 Å². The molecule has 0 amide bonds. The zero-order chi connectivity index (χ0) is 17.6. The molecule has 126 valence electrons. The number of carbonyl (C=O) groups excluding carboxylic acids is 2. The third-order valence-corrected chi connectivity index (χ3v) is 5.45. The first kappa shape index (κ1) is 18.9. The average molecular weight is 336 g/mol. The van der Waals surface area contributed by atoms with Crippen molar-refractivity contribution < 1.29 is 19.1 Å². The summed E-state index contributed by atoms with van der Waals surface area (Å²) in [6.45, 7) is 14.1. The first-order valence-corrected chi connectivity index (χ1v) is 11.1. The van der Waals surface area contributed by atoms with Gasteiger partial charge in [-0.05, 0) is 19.0 Å². The molecule has 0 bridgehead atoms. The van der Waals surface area contributed by atoms with E-state index >= 15 is 0 Å². The fraction of sp³-hybridized carbons (Fsp3) is 0.500. The van der Waals surface area contributed by atoms with Gasteiger partial charge in [-0.15, -0.1) is 5.73 Å². The number of esters is 2. The molecular weight excluding hydrogens is 312 g/mol. The Hall–Kier alpha value is -2.11. The molecular formula is C16H24N2O4Si. The maximum absolute atomic E-state index is 12.1. The lowest BCUT2D eigenvalue weighted by Crippen LogP contribution is -2.26. The van der Waals surface area contributed by atoms with Gasteiger partial charge in [0, 0.05) is 12.0 Å². The minimum atomic E-state index is -1.70. The summed E-state index contributed by atoms with van der Waals surface area (Å²) in [7, 11) is -1.70. The third-order valence-electron chi connectivity index (χ3n) is 3.29. The van der Waals surface area contributed by atoms with Crippen LogP contribution in [-0.2, 0) is 15.9 Å². The maximum Gasteiger partial charge on any atom is 0.359 e. The van der Waals surface area contributed by atoms with Crippen molar-refractivity contribution in [2.45, 2.75) is 39.9 Å². The van der Waals surface area contributed by atoms with Gasteiger partial charge in [0.15, 0.2) is 5.69 Å². The zero-order valence-corrected chi connectivity index (χ0v) is 15.4. The van der Waals surface area contributed by atoms with Crippen molar-refractivity contribution >= 4 is 20.0 Å². The largest absolute Gasteiger partial charge is 0.461 e. The van der Waals surface area contributed by atoms with Crippen molar-refractivity contribution in [3.63, 3.8) is 0 Å². The van der Waals surface area contributed by atoms with Crippen molar-refractivity contribution in [3.8, 4) is 0 Å². The van der Waals surface area contributed by atoms with Crippen LogP contribution >= 0.6 is 0 Å². The highest BCUT2D eigenvalue weighted by Crippen LogP contribution is 2.23. The van der Waals surface area contributed by atoms with Crippen molar-refractivity contribution in [2.24, 2.45) is 0 Å². The lowest BCUT2D eigenvalue weighted by molar-refractivity contribution is 0.0513. The molecule has 7 heteroatoms. The van der Waals surface area contributed by atoms with Gasteiger partial charge in [-0.3, -0.25) is 5.10 Å². The van der Waals surface area contributed by atoms with Crippen LogP contribution < -0.4 is 0 Å². The van der Waals surface area contributed by atoms with E-state index in [0.717, 1.165) is 5.20 Å². The van der Waals surface area contributed by atoms with E-state index < -0.39 is 20.0 Å². The number of allylic oxidation sites excluding steroid dienone is 1. The van der Waals surface area contributed by atoms with Gasteiger partial charge < -0.3 is 9.47 Å². The fourth-order valence-electron chi connectivity index (χ4n) is 2.05. The van der Waals surface area contributed by atoms with E-state index in [1.165, 1.54) is 0 Å². The lowest BCUT2D eigenvalue weighted by atomic mass is 10.1. The predicted octanol–water partition coefficient (Wildman–Crippen LogP) is 2.89. The lowest BCUT2D eigenvalue weighted by Gasteiger charge is -2.19. The van der Waals surface area contributed by atoms with Crippen molar-refractivity contribution in [3.05, 3.63) is 34.5 Å². The van der Waals surface area contributed by atoms with Gasteiger partial charge in [0.05, 0.1) is 21.3 Å². The molecule has 0 spiro atoms. The van der Waals surface area contributed by atoms with E-state index in [0.29, 0.717) is 12.0 Å². The molecule has 1 aromatic heterocycles. The molecule has 0 fully saturated rings. The number of aromatic nitrogens is 2. The van der Waals surface area contributed by atoms with Crippen LogP contribution in [0.15, 0.2) is 17.5 Å². The zero-order valence-electron chi connectivity index (χ0n) is 14.4. The van der Waals surface area contributed by atoms with Crippen molar-refractivity contribution in [2.75, 3.05) is 13.2 Å². The van der Waals surface area contributed by atoms with Gasteiger partial charge in [-0.1, -0.05) is 26.2 Å². The van der Waals surface area contributed by atoms with E-state index in [9.17, 15) is 9.59 Å². The van der Waals surface area contributed by atoms with Crippen LogP contribution in [0.5, 0.6) is 0 Å². The molecule has 0 aliphatic heterocycles. The van der Waals surface area contributed by atoms with Gasteiger partial charge >= 0.3 is 11.9 Å². The molecule has 0 aliphatic carbocycles. The molecule has 0 atom stereocenters. The molecule has 1 N–H and O–H groups in total. The predicted molar refractivity (Wildman–Crippen MR) is 90.2 cm³/mol. The molecule has 0 aliphatic rings. The van der Waals surface area contributed by atoms with Gasteiger partial charge in [0.25, 0.3) is 0 Å². The van der Waals surface area contributed by atoms with E-state index in [-0.39, 0.29) is 24.6 Å². The number of H-pyrrole nitrogens is 1. The summed E-state index contributed by atoms with van der Waals surface area (Å²) in [6.07, 6.45) is 0.373. The van der Waals surface area contributed by atoms with E-state index in [1.807, 2.05) is 0 Å². The molecule has 6 nitrogen and oxygen atoms in total. The summed E-state index contributed by atoms with van der Waals surface area (Å²) in [5, 5.41) is 7.56. The van der Waals surface area contributed by atoms with E-state index in [2.05, 4.69) is 42.1 Å². The van der Waals surface area contributed by atoms with Crippen LogP contribution in [0.2, 0.25) is 19.6 Å². The smallest absolute Gasteiger partial charge is 0.359 e. The number of rotatable bonds is 7. The molecule has 23 heavy (non-hydrogen) atoms. The standard InChI is InChI=1S/C16H24N2O4Si/c1-7-11(23(4,5)6)10-12-13(15(19)21-8-2)17-18-14(12)16(20)22-9-3/h1,8-10H2,2-6H3,(H,17,18). The summed E-state index contributed by atoms with van der Waals surface area (Å²) < 4.78 is 10.0. The molecule has 0 radical (unpaired) electrons. The number of nitrogens with zero attached hydrogens (tertiary/aromatic N) is 1. The molecule has 1 rings (SSSR count). The highest BCUT2D eigenvalue weighted by atomic mass is 28.3. The highest BCUT2D eigenvalue weighted by molar-refractivity contribution is 6.83. The number of nitrogens with one attached hydrogen (secondary N) is 1. The summed E-state index contributed by atoms with van der Waals surface area (Å²) in [5.41, 5.74) is 3.73. The topological polar surface area (TPSA) is 81.3 Å². The first-order chi connectivity index (χ1) is 10.8. The molecule has 0 unspecified atom stereocenters. The Kier molecular flexibility index (Phi) is 6.54.